The summed E-state index contributed by atoms with van der Waals surface area (Å²) in [5, 5.41) is 113. The molecule has 0 unspecified atom stereocenters. The maximum atomic E-state index is 12.8. The molecular formula is C84H99Br4Cl2N9O16. The summed E-state index contributed by atoms with van der Waals surface area (Å²) < 4.78 is 3.66. The van der Waals surface area contributed by atoms with Gasteiger partial charge in [-0.3, -0.25) is 38.9 Å². The number of benzene rings is 7. The zero-order valence-electron chi connectivity index (χ0n) is 64.3. The number of nitrogens with zero attached hydrogens (tertiary/aromatic N) is 5. The summed E-state index contributed by atoms with van der Waals surface area (Å²) in [5.41, 5.74) is 6.31. The van der Waals surface area contributed by atoms with E-state index in [1.807, 2.05) is 166 Å². The van der Waals surface area contributed by atoms with Gasteiger partial charge in [0.2, 0.25) is 0 Å². The third-order valence-corrected chi connectivity index (χ3v) is 22.6. The molecule has 1 saturated carbocycles. The molecule has 618 valence electrons. The first-order valence-electron chi connectivity index (χ1n) is 37.4. The average Bonchev–Trinajstić information content (AvgIpc) is 1.14. The smallest absolute Gasteiger partial charge is 0.255 e. The Bertz CT molecular complexity index is 4380. The molecule has 13 atom stereocenters. The topological polar surface area (TPSA) is 386 Å². The molecule has 0 radical (unpaired) electrons. The molecule has 7 aromatic carbocycles. The first-order valence-corrected chi connectivity index (χ1v) is 41.4. The molecule has 0 aromatic heterocycles. The lowest BCUT2D eigenvalue weighted by Gasteiger charge is -2.38. The molecule has 31 heteroatoms. The predicted octanol–water partition coefficient (Wildman–Crippen LogP) is 9.47. The minimum absolute atomic E-state index is 0.0970. The summed E-state index contributed by atoms with van der Waals surface area (Å²) >= 11 is 25.3. The van der Waals surface area contributed by atoms with Crippen LogP contribution < -0.4 is 21.3 Å². The van der Waals surface area contributed by atoms with Crippen LogP contribution in [0.15, 0.2) is 188 Å². The second-order valence-electron chi connectivity index (χ2n) is 28.7. The average molecular weight is 1880 g/mol. The van der Waals surface area contributed by atoms with E-state index in [0.29, 0.717) is 67.0 Å². The number of rotatable bonds is 28. The molecule has 1 saturated heterocycles. The Morgan fingerprint density at radius 2 is 0.948 bits per heavy atom. The second kappa shape index (κ2) is 45.4. The van der Waals surface area contributed by atoms with E-state index in [4.69, 9.17) is 23.2 Å². The SMILES string of the molecule is CCCN(CC1CC1)C(=O)[C@H](O)[C@@H](O)C(=O)N[C@@H](C)c1ccc(Br)cc1.C[C@H](NC(=O)[C@H](O)[C@@H](O)C(=O)N(C)Cc1cc(Cl)cc(Cl)c1)c1ccc(Br)cc1.C[C@H](NC(=O)[C@H](O)[C@@H](O)C(=O)N1Cc2ccccc2C[C@@H]1CO)c1ccc(Br)cc1.C[C@H](N[C@H](O)[C@@H](O)C(=O)N1CCC(C#N)(c2ccccc2)CC1)c1ccc(Br)cc1. The van der Waals surface area contributed by atoms with Crippen LogP contribution in [-0.4, -0.2) is 202 Å². The fourth-order valence-corrected chi connectivity index (χ4v) is 14.5. The molecular weight excluding hydrogens is 1780 g/mol. The van der Waals surface area contributed by atoms with Crippen LogP contribution in [0.25, 0.3) is 0 Å². The van der Waals surface area contributed by atoms with Crippen LogP contribution in [0.1, 0.15) is 135 Å². The molecule has 0 bridgehead atoms. The van der Waals surface area contributed by atoms with E-state index in [-0.39, 0.29) is 31.8 Å². The Hall–Kier alpha value is -7.58. The predicted molar refractivity (Wildman–Crippen MR) is 449 cm³/mol. The van der Waals surface area contributed by atoms with Crippen molar-refractivity contribution in [3.8, 4) is 6.07 Å². The number of fused-ring (bicyclic) bond motifs is 1. The Balaban J connectivity index is 0.000000213. The summed E-state index contributed by atoms with van der Waals surface area (Å²) in [7, 11) is 1.44. The lowest BCUT2D eigenvalue weighted by molar-refractivity contribution is -0.156. The number of aliphatic hydroxyl groups excluding tert-OH is 9. The van der Waals surface area contributed by atoms with Gasteiger partial charge in [-0.15, -0.1) is 0 Å². The number of piperidine rings is 1. The molecule has 3 aliphatic rings. The standard InChI is InChI=1S/C23H26BrN3O3.C22H25BrN2O5.C20H21BrCl2N2O4.C19H27BrN2O4/c1-16(17-7-9-19(24)10-8-17)26-21(29)20(28)22(30)27-13-11-23(15-25,12-14-27)18-5-3-2-4-6-18;1-13(14-6-8-17(23)9-7-14)24-21(29)19(27)20(28)22(30)25-11-16-5-3-2-4-15(16)10-18(25)12-26;1-11(13-3-5-14(21)6-4-13)24-19(28)17(26)18(27)20(29)25(2)10-12-7-15(22)9-16(23)8-12;1-3-10-22(11-13-4-5-13)19(26)17(24)16(23)18(25)21-12(2)14-6-8-15(20)9-7-14/h2-10,16,20-21,26,28-29H,11-14H2,1H3;2-9,13,18-20,26-28H,10-12H2,1H3,(H,24,29);3-9,11,17-18,26-27H,10H2,1-2H3,(H,24,28);6-9,12-13,16-17,23-24H,3-5,10-11H2,1-2H3,(H,21,25)/t16-,20+,21+;13-,18+,19+,20+;11-,17+,18+;12-,16+,17+/m0000/s1. The number of hydrogen-bond donors (Lipinski definition) is 13. The zero-order chi connectivity index (χ0) is 84.5. The van der Waals surface area contributed by atoms with Crippen LogP contribution in [0.3, 0.4) is 0 Å². The third-order valence-electron chi connectivity index (χ3n) is 20.0. The minimum atomic E-state index is -1.93. The van der Waals surface area contributed by atoms with E-state index < -0.39 is 114 Å². The number of hydrogen-bond acceptors (Lipinski definition) is 18. The summed E-state index contributed by atoms with van der Waals surface area (Å²) in [4.78, 5) is 93.0. The van der Waals surface area contributed by atoms with Gasteiger partial charge in [0, 0.05) is 80.3 Å². The highest BCUT2D eigenvalue weighted by molar-refractivity contribution is 9.11. The fraction of sp³-hybridized carbons (Fsp3) is 0.405. The van der Waals surface area contributed by atoms with Crippen molar-refractivity contribution in [3.63, 3.8) is 0 Å². The number of likely N-dealkylation sites (N-methyl/N-ethyl adjacent to an activating group) is 1. The molecule has 1 aliphatic carbocycles. The molecule has 7 aromatic rings. The van der Waals surface area contributed by atoms with Crippen molar-refractivity contribution in [1.29, 1.82) is 5.26 Å². The Labute approximate surface area is 713 Å². The molecule has 7 amide bonds. The van der Waals surface area contributed by atoms with Crippen molar-refractivity contribution in [2.45, 2.75) is 171 Å². The van der Waals surface area contributed by atoms with Crippen LogP contribution in [-0.2, 0) is 58.5 Å². The number of nitriles is 1. The van der Waals surface area contributed by atoms with Crippen LogP contribution in [0, 0.1) is 17.2 Å². The highest BCUT2D eigenvalue weighted by atomic mass is 79.9. The highest BCUT2D eigenvalue weighted by Gasteiger charge is 2.42. The van der Waals surface area contributed by atoms with Gasteiger partial charge in [-0.25, -0.2) is 0 Å². The monoisotopic (exact) mass is 1880 g/mol. The van der Waals surface area contributed by atoms with Gasteiger partial charge in [-0.05, 0) is 183 Å². The van der Waals surface area contributed by atoms with Crippen LogP contribution in [0.5, 0.6) is 0 Å². The lowest BCUT2D eigenvalue weighted by atomic mass is 9.74. The number of likely N-dealkylation sites (tertiary alicyclic amines) is 1. The van der Waals surface area contributed by atoms with Gasteiger partial charge >= 0.3 is 0 Å². The molecule has 2 fully saturated rings. The van der Waals surface area contributed by atoms with Crippen molar-refractivity contribution in [2.24, 2.45) is 5.92 Å². The lowest BCUT2D eigenvalue weighted by Crippen LogP contribution is -2.55. The Morgan fingerprint density at radius 1 is 0.539 bits per heavy atom. The Morgan fingerprint density at radius 3 is 1.37 bits per heavy atom. The zero-order valence-corrected chi connectivity index (χ0v) is 72.2. The van der Waals surface area contributed by atoms with Crippen molar-refractivity contribution >= 4 is 128 Å². The molecule has 115 heavy (non-hydrogen) atoms. The summed E-state index contributed by atoms with van der Waals surface area (Å²) in [6.45, 7) is 10.9. The molecule has 13 N–H and O–H groups in total. The third kappa shape index (κ3) is 27.8. The second-order valence-corrected chi connectivity index (χ2v) is 33.2. The number of halogens is 6. The first-order chi connectivity index (χ1) is 54.6. The maximum Gasteiger partial charge on any atom is 0.255 e. The van der Waals surface area contributed by atoms with Gasteiger partial charge in [0.25, 0.3) is 41.4 Å². The van der Waals surface area contributed by atoms with Crippen LogP contribution >= 0.6 is 86.9 Å². The molecule has 2 heterocycles. The highest BCUT2D eigenvalue weighted by Crippen LogP contribution is 2.36. The number of nitrogens with one attached hydrogen (secondary N) is 4. The van der Waals surface area contributed by atoms with Crippen LogP contribution in [0.2, 0.25) is 10.0 Å². The van der Waals surface area contributed by atoms with E-state index in [1.165, 1.54) is 21.7 Å². The minimum Gasteiger partial charge on any atom is -0.394 e. The molecule has 25 nitrogen and oxygen atoms in total. The first kappa shape index (κ1) is 94.6. The number of amides is 7. The van der Waals surface area contributed by atoms with E-state index in [0.717, 1.165) is 76.1 Å². The molecule has 0 spiro atoms. The van der Waals surface area contributed by atoms with Gasteiger partial charge in [-0.1, -0.05) is 197 Å². The Kier molecular flexibility index (Phi) is 37.3. The summed E-state index contributed by atoms with van der Waals surface area (Å²) in [6, 6.07) is 52.0. The van der Waals surface area contributed by atoms with Gasteiger partial charge < -0.3 is 81.5 Å². The van der Waals surface area contributed by atoms with Crippen molar-refractivity contribution < 1.29 is 79.5 Å². The summed E-state index contributed by atoms with van der Waals surface area (Å²) in [6.07, 6.45) is -9.85. The number of carbonyl (C=O) groups is 7. The van der Waals surface area contributed by atoms with Crippen LogP contribution in [0.4, 0.5) is 0 Å². The molecule has 10 rings (SSSR count). The van der Waals surface area contributed by atoms with Gasteiger partial charge in [-0.2, -0.15) is 5.26 Å². The van der Waals surface area contributed by atoms with Crippen molar-refractivity contribution in [1.82, 2.24) is 40.9 Å². The van der Waals surface area contributed by atoms with E-state index in [9.17, 15) is 84.8 Å². The van der Waals surface area contributed by atoms with Gasteiger partial charge in [0.15, 0.2) is 42.7 Å². The van der Waals surface area contributed by atoms with Crippen molar-refractivity contribution in [2.75, 3.05) is 39.8 Å². The molecule has 2 aliphatic heterocycles. The van der Waals surface area contributed by atoms with Gasteiger partial charge in [0.1, 0.15) is 6.23 Å². The number of aliphatic hydroxyl groups is 9. The summed E-state index contributed by atoms with van der Waals surface area (Å²) in [5.74, 6) is -4.69. The largest absolute Gasteiger partial charge is 0.394 e. The maximum absolute atomic E-state index is 12.8. The van der Waals surface area contributed by atoms with Crippen molar-refractivity contribution in [3.05, 3.63) is 242 Å². The van der Waals surface area contributed by atoms with Gasteiger partial charge in [0.05, 0.1) is 42.3 Å². The van der Waals surface area contributed by atoms with E-state index in [2.05, 4.69) is 91.1 Å². The normalized spacial score (nSPS) is 17.3. The van der Waals surface area contributed by atoms with E-state index >= 15 is 0 Å². The quantitative estimate of drug-likeness (QED) is 0.0203. The fourth-order valence-electron chi connectivity index (χ4n) is 12.9. The number of carbonyl (C=O) groups excluding carboxylic acids is 7. The van der Waals surface area contributed by atoms with E-state index in [1.54, 1.807) is 43.9 Å².